The van der Waals surface area contributed by atoms with E-state index in [9.17, 15) is 23.3 Å². The molecule has 1 saturated heterocycles. The van der Waals surface area contributed by atoms with Crippen LogP contribution in [-0.4, -0.2) is 42.9 Å². The van der Waals surface area contributed by atoms with E-state index >= 15 is 0 Å². The lowest BCUT2D eigenvalue weighted by Crippen LogP contribution is -2.40. The normalized spacial score (nSPS) is 17.0. The fraction of sp³-hybridized carbons (Fsp3) is 0.462. The monoisotopic (exact) mass is 361 g/mol. The molecule has 1 fully saturated rings. The molecule has 1 aliphatic rings. The number of carbonyl (C=O) groups excluding carboxylic acids is 1. The summed E-state index contributed by atoms with van der Waals surface area (Å²) in [5, 5.41) is 13.6. The van der Waals surface area contributed by atoms with Gasteiger partial charge in [0.1, 0.15) is 0 Å². The number of nitro benzene ring substituents is 1. The van der Waals surface area contributed by atoms with E-state index in [0.717, 1.165) is 6.26 Å². The second-order valence-corrected chi connectivity index (χ2v) is 7.74. The van der Waals surface area contributed by atoms with Gasteiger partial charge in [0, 0.05) is 31.1 Å². The molecular weight excluding hydrogens is 346 g/mol. The predicted molar refractivity (Wildman–Crippen MR) is 85.9 cm³/mol. The summed E-state index contributed by atoms with van der Waals surface area (Å²) in [6.45, 7) is 0.555. The number of carbonyl (C=O) groups is 1. The molecule has 1 aromatic rings. The molecule has 23 heavy (non-hydrogen) atoms. The first-order chi connectivity index (χ1) is 10.7. The number of amides is 1. The van der Waals surface area contributed by atoms with Crippen molar-refractivity contribution in [3.05, 3.63) is 33.3 Å². The molecule has 0 aromatic heterocycles. The maximum Gasteiger partial charge on any atom is 0.271 e. The number of piperidine rings is 1. The van der Waals surface area contributed by atoms with Gasteiger partial charge in [-0.05, 0) is 18.9 Å². The molecular formula is C13H16ClN3O5S. The molecule has 0 bridgehead atoms. The number of benzene rings is 1. The smallest absolute Gasteiger partial charge is 0.271 e. The number of nitrogens with one attached hydrogen (secondary N) is 1. The van der Waals surface area contributed by atoms with E-state index in [4.69, 9.17) is 11.6 Å². The van der Waals surface area contributed by atoms with Gasteiger partial charge in [-0.15, -0.1) is 0 Å². The Hall–Kier alpha value is -1.71. The van der Waals surface area contributed by atoms with Gasteiger partial charge in [-0.2, -0.15) is 0 Å². The first-order valence-corrected chi connectivity index (χ1v) is 9.11. The Bertz CT molecular complexity index is 729. The molecule has 1 heterocycles. The van der Waals surface area contributed by atoms with Crippen LogP contribution < -0.4 is 5.32 Å². The van der Waals surface area contributed by atoms with E-state index in [1.165, 1.54) is 22.5 Å². The van der Waals surface area contributed by atoms with Crippen LogP contribution in [0.4, 0.5) is 11.4 Å². The zero-order valence-corrected chi connectivity index (χ0v) is 13.9. The summed E-state index contributed by atoms with van der Waals surface area (Å²) in [7, 11) is -3.25. The van der Waals surface area contributed by atoms with Crippen molar-refractivity contribution in [2.75, 3.05) is 24.7 Å². The maximum atomic E-state index is 12.2. The van der Waals surface area contributed by atoms with Gasteiger partial charge in [-0.1, -0.05) is 11.6 Å². The molecule has 10 heteroatoms. The minimum absolute atomic E-state index is 0.170. The second kappa shape index (κ2) is 6.81. The molecule has 1 N–H and O–H groups in total. The summed E-state index contributed by atoms with van der Waals surface area (Å²) in [6, 6.07) is 3.80. The van der Waals surface area contributed by atoms with Gasteiger partial charge in [0.15, 0.2) is 0 Å². The Kier molecular flexibility index (Phi) is 5.23. The highest BCUT2D eigenvalue weighted by molar-refractivity contribution is 7.88. The third-order valence-electron chi connectivity index (χ3n) is 3.71. The molecule has 0 aliphatic carbocycles. The third-order valence-corrected chi connectivity index (χ3v) is 5.35. The van der Waals surface area contributed by atoms with Crippen LogP contribution in [0.2, 0.25) is 5.02 Å². The Morgan fingerprint density at radius 3 is 2.52 bits per heavy atom. The van der Waals surface area contributed by atoms with Crippen molar-refractivity contribution in [3.63, 3.8) is 0 Å². The predicted octanol–water partition coefficient (Wildman–Crippen LogP) is 1.86. The van der Waals surface area contributed by atoms with Crippen LogP contribution in [0, 0.1) is 16.0 Å². The SMILES string of the molecule is CS(=O)(=O)N1CCC(C(=O)Nc2cc([N+](=O)[O-])ccc2Cl)CC1. The lowest BCUT2D eigenvalue weighted by Gasteiger charge is -2.29. The molecule has 0 saturated carbocycles. The average Bonchev–Trinajstić information content (AvgIpc) is 2.48. The van der Waals surface area contributed by atoms with E-state index in [1.54, 1.807) is 0 Å². The van der Waals surface area contributed by atoms with Crippen molar-refractivity contribution < 1.29 is 18.1 Å². The van der Waals surface area contributed by atoms with E-state index in [2.05, 4.69) is 5.32 Å². The number of rotatable bonds is 4. The van der Waals surface area contributed by atoms with Crippen LogP contribution in [-0.2, 0) is 14.8 Å². The second-order valence-electron chi connectivity index (χ2n) is 5.35. The van der Waals surface area contributed by atoms with Crippen LogP contribution in [0.25, 0.3) is 0 Å². The molecule has 0 unspecified atom stereocenters. The number of halogens is 1. The van der Waals surface area contributed by atoms with Gasteiger partial charge in [0.2, 0.25) is 15.9 Å². The quantitative estimate of drug-likeness (QED) is 0.650. The van der Waals surface area contributed by atoms with Crippen molar-refractivity contribution in [3.8, 4) is 0 Å². The van der Waals surface area contributed by atoms with Crippen molar-refractivity contribution >= 4 is 38.9 Å². The summed E-state index contributed by atoms with van der Waals surface area (Å²) in [4.78, 5) is 22.4. The van der Waals surface area contributed by atoms with Crippen LogP contribution >= 0.6 is 11.6 Å². The topological polar surface area (TPSA) is 110 Å². The standard InChI is InChI=1S/C13H16ClN3O5S/c1-23(21,22)16-6-4-9(5-7-16)13(18)15-12-8-10(17(19)20)2-3-11(12)14/h2-3,8-9H,4-7H2,1H3,(H,15,18). The third kappa shape index (κ3) is 4.40. The molecule has 1 aliphatic heterocycles. The molecule has 1 aromatic carbocycles. The first-order valence-electron chi connectivity index (χ1n) is 6.88. The fourth-order valence-corrected chi connectivity index (χ4v) is 3.45. The number of hydrogen-bond acceptors (Lipinski definition) is 5. The lowest BCUT2D eigenvalue weighted by molar-refractivity contribution is -0.384. The fourth-order valence-electron chi connectivity index (χ4n) is 2.41. The maximum absolute atomic E-state index is 12.2. The largest absolute Gasteiger partial charge is 0.324 e. The van der Waals surface area contributed by atoms with E-state index < -0.39 is 14.9 Å². The first kappa shape index (κ1) is 17.6. The van der Waals surface area contributed by atoms with Gasteiger partial charge in [-0.3, -0.25) is 14.9 Å². The molecule has 1 amide bonds. The van der Waals surface area contributed by atoms with Crippen molar-refractivity contribution in [2.24, 2.45) is 5.92 Å². The van der Waals surface area contributed by atoms with Gasteiger partial charge >= 0.3 is 0 Å². The molecule has 126 valence electrons. The zero-order chi connectivity index (χ0) is 17.2. The highest BCUT2D eigenvalue weighted by Gasteiger charge is 2.29. The number of anilines is 1. The van der Waals surface area contributed by atoms with Crippen molar-refractivity contribution in [2.45, 2.75) is 12.8 Å². The Morgan fingerprint density at radius 2 is 2.00 bits per heavy atom. The van der Waals surface area contributed by atoms with Crippen LogP contribution in [0.5, 0.6) is 0 Å². The van der Waals surface area contributed by atoms with Crippen molar-refractivity contribution in [1.29, 1.82) is 0 Å². The summed E-state index contributed by atoms with van der Waals surface area (Å²) in [5.74, 6) is -0.677. The van der Waals surface area contributed by atoms with Crippen LogP contribution in [0.3, 0.4) is 0 Å². The molecule has 0 atom stereocenters. The Morgan fingerprint density at radius 1 is 1.39 bits per heavy atom. The molecule has 8 nitrogen and oxygen atoms in total. The number of nitrogens with zero attached hydrogens (tertiary/aromatic N) is 2. The summed E-state index contributed by atoms with van der Waals surface area (Å²) >= 11 is 5.94. The Labute approximate surface area is 138 Å². The summed E-state index contributed by atoms with van der Waals surface area (Å²) < 4.78 is 24.2. The number of nitro groups is 1. The molecule has 0 radical (unpaired) electrons. The molecule has 2 rings (SSSR count). The van der Waals surface area contributed by atoms with E-state index in [1.807, 2.05) is 0 Å². The summed E-state index contributed by atoms with van der Waals surface area (Å²) in [5.41, 5.74) is 0.00741. The highest BCUT2D eigenvalue weighted by Crippen LogP contribution is 2.28. The van der Waals surface area contributed by atoms with Crippen molar-refractivity contribution in [1.82, 2.24) is 4.31 Å². The molecule has 0 spiro atoms. The van der Waals surface area contributed by atoms with Gasteiger partial charge in [0.25, 0.3) is 5.69 Å². The van der Waals surface area contributed by atoms with Gasteiger partial charge in [0.05, 0.1) is 21.9 Å². The van der Waals surface area contributed by atoms with Crippen LogP contribution in [0.1, 0.15) is 12.8 Å². The summed E-state index contributed by atoms with van der Waals surface area (Å²) in [6.07, 6.45) is 1.92. The number of non-ortho nitro benzene ring substituents is 1. The highest BCUT2D eigenvalue weighted by atomic mass is 35.5. The number of sulfonamides is 1. The van der Waals surface area contributed by atoms with Gasteiger partial charge in [-0.25, -0.2) is 12.7 Å². The average molecular weight is 362 g/mol. The minimum atomic E-state index is -3.25. The zero-order valence-electron chi connectivity index (χ0n) is 12.4. The lowest BCUT2D eigenvalue weighted by atomic mass is 9.97. The number of hydrogen-bond donors (Lipinski definition) is 1. The van der Waals surface area contributed by atoms with Crippen LogP contribution in [0.15, 0.2) is 18.2 Å². The Balaban J connectivity index is 2.03. The van der Waals surface area contributed by atoms with E-state index in [-0.39, 0.29) is 41.3 Å². The van der Waals surface area contributed by atoms with E-state index in [0.29, 0.717) is 12.8 Å². The van der Waals surface area contributed by atoms with Gasteiger partial charge < -0.3 is 5.32 Å². The minimum Gasteiger partial charge on any atom is -0.324 e.